The van der Waals surface area contributed by atoms with Gasteiger partial charge in [0.05, 0.1) is 21.4 Å². The van der Waals surface area contributed by atoms with Crippen LogP contribution >= 0.6 is 0 Å². The van der Waals surface area contributed by atoms with Crippen LogP contribution in [0.4, 0.5) is 0 Å². The quantitative estimate of drug-likeness (QED) is 0.783. The summed E-state index contributed by atoms with van der Waals surface area (Å²) in [6, 6.07) is 8.32. The highest BCUT2D eigenvalue weighted by Crippen LogP contribution is 2.19. The van der Waals surface area contributed by atoms with Gasteiger partial charge in [-0.3, -0.25) is 4.79 Å². The summed E-state index contributed by atoms with van der Waals surface area (Å²) in [6.45, 7) is -0.791. The number of aliphatic hydroxyl groups is 1. The van der Waals surface area contributed by atoms with E-state index in [1.54, 1.807) is 31.2 Å². The van der Waals surface area contributed by atoms with Gasteiger partial charge in [-0.2, -0.15) is 0 Å². The van der Waals surface area contributed by atoms with E-state index >= 15 is 0 Å². The molecule has 0 radical (unpaired) electrons. The van der Waals surface area contributed by atoms with Crippen LogP contribution in [-0.4, -0.2) is 35.5 Å². The molecule has 0 heterocycles. The lowest BCUT2D eigenvalue weighted by molar-refractivity contribution is -0.132. The summed E-state index contributed by atoms with van der Waals surface area (Å²) < 4.78 is 14.4. The van der Waals surface area contributed by atoms with Crippen LogP contribution in [0.5, 0.6) is 0 Å². The smallest absolute Gasteiger partial charge is 0.236 e. The van der Waals surface area contributed by atoms with E-state index in [9.17, 15) is 9.90 Å². The van der Waals surface area contributed by atoms with Crippen LogP contribution in [0.25, 0.3) is 0 Å². The number of amides is 1. The molecule has 1 aromatic rings. The number of likely N-dealkylation sites (N-methyl/N-ethyl adjacent to an activating group) is 1. The molecule has 0 aliphatic carbocycles. The number of carbonyl (C=O) groups is 1. The number of hydrogen-bond acceptors (Lipinski definition) is 3. The van der Waals surface area contributed by atoms with E-state index in [0.717, 1.165) is 4.90 Å². The van der Waals surface area contributed by atoms with Gasteiger partial charge in [0, 0.05) is 7.05 Å². The van der Waals surface area contributed by atoms with Crippen LogP contribution in [0.15, 0.2) is 30.3 Å². The number of carbonyl (C=O) groups excluding carboxylic acids is 1. The largest absolute Gasteiger partial charge is 0.386 e. The van der Waals surface area contributed by atoms with Crippen LogP contribution in [-0.2, 0) is 4.79 Å². The molecule has 0 spiro atoms. The Labute approximate surface area is 98.5 Å². The van der Waals surface area contributed by atoms with Gasteiger partial charge in [-0.05, 0) is 12.5 Å². The first kappa shape index (κ1) is 9.81. The van der Waals surface area contributed by atoms with Crippen molar-refractivity contribution in [2.75, 3.05) is 13.5 Å². The van der Waals surface area contributed by atoms with E-state index in [2.05, 4.69) is 0 Å². The molecular formula is C12H18N2O2. The Morgan fingerprint density at radius 3 is 2.62 bits per heavy atom. The second-order valence-electron chi connectivity index (χ2n) is 3.66. The van der Waals surface area contributed by atoms with Gasteiger partial charge in [0.15, 0.2) is 0 Å². The molecule has 3 N–H and O–H groups in total. The maximum Gasteiger partial charge on any atom is 0.236 e. The van der Waals surface area contributed by atoms with E-state index in [-0.39, 0.29) is 0 Å². The Hall–Kier alpha value is -1.39. The molecule has 4 heteroatoms. The summed E-state index contributed by atoms with van der Waals surface area (Å²) in [5.41, 5.74) is 5.79. The maximum absolute atomic E-state index is 11.7. The summed E-state index contributed by atoms with van der Waals surface area (Å²) in [6.07, 6.45) is -0.887. The number of aliphatic hydroxyl groups excluding tert-OH is 1. The molecule has 0 aromatic heterocycles. The minimum absolute atomic E-state index is 0.571. The van der Waals surface area contributed by atoms with Crippen molar-refractivity contribution in [1.29, 1.82) is 0 Å². The highest BCUT2D eigenvalue weighted by atomic mass is 16.3. The van der Waals surface area contributed by atoms with Gasteiger partial charge in [0.1, 0.15) is 0 Å². The molecule has 0 aliphatic rings. The van der Waals surface area contributed by atoms with Crippen molar-refractivity contribution in [2.24, 2.45) is 5.73 Å². The van der Waals surface area contributed by atoms with Crippen molar-refractivity contribution in [3.8, 4) is 0 Å². The summed E-state index contributed by atoms with van der Waals surface area (Å²) in [4.78, 5) is 12.8. The Kier molecular flexibility index (Phi) is 3.45. The Bertz CT molecular complexity index is 406. The molecule has 2 atom stereocenters. The highest BCUT2D eigenvalue weighted by Gasteiger charge is 2.22. The van der Waals surface area contributed by atoms with E-state index in [1.165, 1.54) is 7.05 Å². The lowest BCUT2D eigenvalue weighted by Crippen LogP contribution is -2.42. The molecule has 0 bridgehead atoms. The summed E-state index contributed by atoms with van der Waals surface area (Å²) in [5.74, 6) is -0.856. The molecular weight excluding hydrogens is 204 g/mol. The zero-order valence-electron chi connectivity index (χ0n) is 11.4. The monoisotopic (exact) mass is 224 g/mol. The van der Waals surface area contributed by atoms with Crippen molar-refractivity contribution >= 4 is 5.91 Å². The van der Waals surface area contributed by atoms with Gasteiger partial charge < -0.3 is 15.7 Å². The first-order chi connectivity index (χ1) is 8.25. The van der Waals surface area contributed by atoms with Crippen molar-refractivity contribution in [2.45, 2.75) is 19.1 Å². The average molecular weight is 224 g/mol. The summed E-state index contributed by atoms with van der Waals surface area (Å²) in [7, 11) is 1.42. The molecule has 4 nitrogen and oxygen atoms in total. The molecule has 0 fully saturated rings. The number of nitrogens with zero attached hydrogens (tertiary/aromatic N) is 1. The zero-order valence-corrected chi connectivity index (χ0v) is 9.42. The lowest BCUT2D eigenvalue weighted by atomic mass is 10.0. The van der Waals surface area contributed by atoms with Gasteiger partial charge >= 0.3 is 0 Å². The fourth-order valence-electron chi connectivity index (χ4n) is 1.43. The fourth-order valence-corrected chi connectivity index (χ4v) is 1.43. The maximum atomic E-state index is 11.7. The fraction of sp³-hybridized carbons (Fsp3) is 0.417. The first-order valence-electron chi connectivity index (χ1n) is 6.04. The lowest BCUT2D eigenvalue weighted by Gasteiger charge is -2.28. The molecule has 1 aromatic carbocycles. The Morgan fingerprint density at radius 2 is 2.12 bits per heavy atom. The Morgan fingerprint density at radius 1 is 1.56 bits per heavy atom. The van der Waals surface area contributed by atoms with Gasteiger partial charge in [-0.25, -0.2) is 0 Å². The van der Waals surface area contributed by atoms with E-state index < -0.39 is 24.5 Å². The van der Waals surface area contributed by atoms with Crippen LogP contribution in [0, 0.1) is 0 Å². The molecule has 0 saturated heterocycles. The third-order valence-electron chi connectivity index (χ3n) is 2.65. The van der Waals surface area contributed by atoms with Crippen molar-refractivity contribution < 1.29 is 12.6 Å². The van der Waals surface area contributed by atoms with Crippen molar-refractivity contribution in [1.82, 2.24) is 4.90 Å². The van der Waals surface area contributed by atoms with Crippen molar-refractivity contribution in [3.63, 3.8) is 0 Å². The highest BCUT2D eigenvalue weighted by molar-refractivity contribution is 5.78. The van der Waals surface area contributed by atoms with E-state index in [4.69, 9.17) is 8.48 Å². The van der Waals surface area contributed by atoms with Gasteiger partial charge in [-0.1, -0.05) is 30.3 Å². The molecule has 16 heavy (non-hydrogen) atoms. The number of benzene rings is 1. The third kappa shape index (κ3) is 2.81. The predicted octanol–water partition coefficient (Wildman–Crippen LogP) is 0.526. The van der Waals surface area contributed by atoms with E-state index in [1.807, 2.05) is 6.07 Å². The number of hydrogen-bond donors (Lipinski definition) is 2. The van der Waals surface area contributed by atoms with Gasteiger partial charge in [-0.15, -0.1) is 0 Å². The molecule has 1 rings (SSSR count). The SMILES string of the molecule is [2H]C([2H])(N)C(=O)N(C)[C@H](C)[C@H](O)c1ccccc1. The standard InChI is InChI=1S/C12H18N2O2/c1-9(14(2)11(15)8-13)12(16)10-6-4-3-5-7-10/h3-7,9,12,16H,8,13H2,1-2H3/t9-,12+/m1/s1/i8D2. The topological polar surface area (TPSA) is 66.6 Å². The second kappa shape index (κ2) is 5.63. The minimum Gasteiger partial charge on any atom is -0.386 e. The first-order valence-corrected chi connectivity index (χ1v) is 5.04. The van der Waals surface area contributed by atoms with Crippen LogP contribution < -0.4 is 5.73 Å². The number of nitrogens with two attached hydrogens (primary N) is 1. The molecule has 0 saturated carbocycles. The van der Waals surface area contributed by atoms with E-state index in [0.29, 0.717) is 5.56 Å². The molecule has 1 amide bonds. The summed E-state index contributed by atoms with van der Waals surface area (Å²) >= 11 is 0. The van der Waals surface area contributed by atoms with Gasteiger partial charge in [0.25, 0.3) is 0 Å². The van der Waals surface area contributed by atoms with Crippen molar-refractivity contribution in [3.05, 3.63) is 35.9 Å². The normalized spacial score (nSPS) is 17.0. The number of rotatable bonds is 4. The minimum atomic E-state index is -2.43. The molecule has 88 valence electrons. The predicted molar refractivity (Wildman–Crippen MR) is 62.7 cm³/mol. The van der Waals surface area contributed by atoms with Crippen LogP contribution in [0.1, 0.15) is 21.3 Å². The van der Waals surface area contributed by atoms with Crippen LogP contribution in [0.3, 0.4) is 0 Å². The summed E-state index contributed by atoms with van der Waals surface area (Å²) in [5, 5.41) is 10.1. The average Bonchev–Trinajstić information content (AvgIpc) is 2.35. The third-order valence-corrected chi connectivity index (χ3v) is 2.65. The molecule has 0 unspecified atom stereocenters. The van der Waals surface area contributed by atoms with Crippen LogP contribution in [0.2, 0.25) is 0 Å². The van der Waals surface area contributed by atoms with Gasteiger partial charge in [0.2, 0.25) is 5.91 Å². The zero-order chi connectivity index (χ0) is 13.9. The second-order valence-corrected chi connectivity index (χ2v) is 3.66. The Balaban J connectivity index is 2.82. The molecule has 0 aliphatic heterocycles.